The molecule has 0 radical (unpaired) electrons. The molecule has 0 spiro atoms. The monoisotopic (exact) mass is 471 g/mol. The normalized spacial score (nSPS) is 15.1. The molecule has 3 rings (SSSR count). The molecule has 34 heavy (non-hydrogen) atoms. The van der Waals surface area contributed by atoms with E-state index >= 15 is 0 Å². The van der Waals surface area contributed by atoms with E-state index in [1.165, 1.54) is 0 Å². The number of carboxylic acid groups (broad SMARTS) is 2. The second-order valence-electron chi connectivity index (χ2n) is 7.73. The molecule has 0 saturated heterocycles. The van der Waals surface area contributed by atoms with E-state index in [4.69, 9.17) is 19.7 Å². The Morgan fingerprint density at radius 2 is 1.82 bits per heavy atom. The van der Waals surface area contributed by atoms with Gasteiger partial charge in [0, 0.05) is 31.4 Å². The third kappa shape index (κ3) is 8.55. The van der Waals surface area contributed by atoms with Crippen LogP contribution in [0.2, 0.25) is 0 Å². The summed E-state index contributed by atoms with van der Waals surface area (Å²) in [5, 5.41) is 15.6. The zero-order chi connectivity index (χ0) is 25.1. The highest BCUT2D eigenvalue weighted by atomic mass is 16.5. The van der Waals surface area contributed by atoms with E-state index in [0.29, 0.717) is 36.7 Å². The van der Waals surface area contributed by atoms with Crippen molar-refractivity contribution in [2.75, 3.05) is 34.3 Å². The van der Waals surface area contributed by atoms with Crippen molar-refractivity contribution in [3.8, 4) is 11.6 Å². The van der Waals surface area contributed by atoms with Crippen LogP contribution >= 0.6 is 0 Å². The third-order valence-corrected chi connectivity index (χ3v) is 4.79. The molecule has 0 bridgehead atoms. The van der Waals surface area contributed by atoms with Gasteiger partial charge in [0.1, 0.15) is 17.4 Å². The minimum Gasteiger partial charge on any atom is -0.497 e. The second-order valence-corrected chi connectivity index (χ2v) is 7.73. The van der Waals surface area contributed by atoms with Crippen molar-refractivity contribution >= 4 is 17.8 Å². The van der Waals surface area contributed by atoms with Crippen LogP contribution in [0.25, 0.3) is 0 Å². The highest BCUT2D eigenvalue weighted by molar-refractivity contribution is 5.96. The predicted molar refractivity (Wildman–Crippen MR) is 124 cm³/mol. The van der Waals surface area contributed by atoms with Crippen LogP contribution < -0.4 is 9.47 Å². The summed E-state index contributed by atoms with van der Waals surface area (Å²) in [6.45, 7) is 1.95. The number of amides is 1. The number of aliphatic carboxylic acids is 2. The Kier molecular flexibility index (Phi) is 10.0. The van der Waals surface area contributed by atoms with E-state index in [2.05, 4.69) is 9.88 Å². The molecule has 1 unspecified atom stereocenters. The Morgan fingerprint density at radius 1 is 1.18 bits per heavy atom. The summed E-state index contributed by atoms with van der Waals surface area (Å²) in [4.78, 5) is 40.4. The molecule has 1 atom stereocenters. The number of aromatic nitrogens is 1. The number of nitrogens with zero attached hydrogens (tertiary/aromatic N) is 3. The fraction of sp³-hybridized carbons (Fsp3) is 0.333. The van der Waals surface area contributed by atoms with Crippen LogP contribution in [-0.4, -0.2) is 83.2 Å². The largest absolute Gasteiger partial charge is 0.497 e. The Bertz CT molecular complexity index is 990. The Labute approximate surface area is 198 Å². The second kappa shape index (κ2) is 12.9. The first kappa shape index (κ1) is 26.3. The van der Waals surface area contributed by atoms with Gasteiger partial charge in [-0.15, -0.1) is 0 Å². The first-order valence-electron chi connectivity index (χ1n) is 10.5. The quantitative estimate of drug-likeness (QED) is 0.556. The van der Waals surface area contributed by atoms with Gasteiger partial charge in [-0.3, -0.25) is 4.79 Å². The molecule has 0 saturated carbocycles. The lowest BCUT2D eigenvalue weighted by Gasteiger charge is -2.25. The highest BCUT2D eigenvalue weighted by Crippen LogP contribution is 2.25. The Balaban J connectivity index is 0.000000440. The lowest BCUT2D eigenvalue weighted by atomic mass is 10.1. The van der Waals surface area contributed by atoms with Crippen molar-refractivity contribution < 1.29 is 34.1 Å². The number of methoxy groups -OCH3 is 1. The molecular formula is C24H29N3O7. The molecule has 182 valence electrons. The zero-order valence-corrected chi connectivity index (χ0v) is 19.4. The number of carbonyl (C=O) groups excluding carboxylic acids is 1. The van der Waals surface area contributed by atoms with Crippen LogP contribution in [0, 0.1) is 0 Å². The smallest absolute Gasteiger partial charge is 0.328 e. The summed E-state index contributed by atoms with van der Waals surface area (Å²) in [7, 11) is 5.70. The van der Waals surface area contributed by atoms with Gasteiger partial charge in [-0.2, -0.15) is 0 Å². The van der Waals surface area contributed by atoms with Gasteiger partial charge in [0.25, 0.3) is 5.91 Å². The van der Waals surface area contributed by atoms with Crippen molar-refractivity contribution in [2.45, 2.75) is 19.1 Å². The summed E-state index contributed by atoms with van der Waals surface area (Å²) in [5.74, 6) is -1.33. The molecule has 1 aliphatic rings. The van der Waals surface area contributed by atoms with Gasteiger partial charge in [0.05, 0.1) is 13.7 Å². The summed E-state index contributed by atoms with van der Waals surface area (Å²) in [6.07, 6.45) is 3.52. The minimum atomic E-state index is -1.26. The topological polar surface area (TPSA) is 130 Å². The molecule has 1 aromatic heterocycles. The van der Waals surface area contributed by atoms with Crippen molar-refractivity contribution in [1.82, 2.24) is 14.8 Å². The number of carboxylic acids is 2. The fourth-order valence-electron chi connectivity index (χ4n) is 3.12. The van der Waals surface area contributed by atoms with Crippen LogP contribution in [-0.2, 0) is 16.1 Å². The van der Waals surface area contributed by atoms with Gasteiger partial charge in [-0.1, -0.05) is 12.1 Å². The number of hydrogen-bond donors (Lipinski definition) is 2. The lowest BCUT2D eigenvalue weighted by Crippen LogP contribution is -2.37. The van der Waals surface area contributed by atoms with Gasteiger partial charge in [-0.25, -0.2) is 14.6 Å². The number of hydrogen-bond acceptors (Lipinski definition) is 7. The van der Waals surface area contributed by atoms with Gasteiger partial charge in [0.15, 0.2) is 0 Å². The van der Waals surface area contributed by atoms with Crippen LogP contribution in [0.15, 0.2) is 54.7 Å². The van der Waals surface area contributed by atoms with Crippen LogP contribution in [0.1, 0.15) is 22.3 Å². The molecule has 1 aliphatic heterocycles. The maximum Gasteiger partial charge on any atom is 0.328 e. The first-order chi connectivity index (χ1) is 16.2. The van der Waals surface area contributed by atoms with E-state index in [0.717, 1.165) is 24.3 Å². The van der Waals surface area contributed by atoms with Crippen LogP contribution in [0.4, 0.5) is 0 Å². The number of rotatable bonds is 8. The standard InChI is InChI=1S/C20H25N3O3.C4H4O4/c1-22(2)12-10-17-14-23(13-15-6-8-16(25-3)9-7-15)20(24)18-5-4-11-21-19(18)26-17;5-3(6)1-2-4(7)8/h4-9,11,17H,10,12-14H2,1-3H3;1-2H,(H,5,6)(H,7,8). The molecule has 1 amide bonds. The highest BCUT2D eigenvalue weighted by Gasteiger charge is 2.29. The van der Waals surface area contributed by atoms with Gasteiger partial charge in [-0.05, 0) is 50.3 Å². The molecule has 1 aromatic carbocycles. The van der Waals surface area contributed by atoms with E-state index < -0.39 is 11.9 Å². The van der Waals surface area contributed by atoms with Crippen molar-refractivity contribution in [3.63, 3.8) is 0 Å². The van der Waals surface area contributed by atoms with Gasteiger partial charge in [0.2, 0.25) is 5.88 Å². The van der Waals surface area contributed by atoms with Gasteiger partial charge >= 0.3 is 11.9 Å². The summed E-state index contributed by atoms with van der Waals surface area (Å²) < 4.78 is 11.3. The molecule has 2 N–H and O–H groups in total. The van der Waals surface area contributed by atoms with Crippen molar-refractivity contribution in [1.29, 1.82) is 0 Å². The molecule has 10 heteroatoms. The zero-order valence-electron chi connectivity index (χ0n) is 19.4. The molecule has 0 fully saturated rings. The molecule has 0 aliphatic carbocycles. The fourth-order valence-corrected chi connectivity index (χ4v) is 3.12. The van der Waals surface area contributed by atoms with Gasteiger partial charge < -0.3 is 29.5 Å². The predicted octanol–water partition coefficient (Wildman–Crippen LogP) is 2.16. The van der Waals surface area contributed by atoms with Crippen LogP contribution in [0.5, 0.6) is 11.6 Å². The Hall–Kier alpha value is -3.92. The summed E-state index contributed by atoms with van der Waals surface area (Å²) in [6, 6.07) is 11.3. The van der Waals surface area contributed by atoms with Crippen LogP contribution in [0.3, 0.4) is 0 Å². The summed E-state index contributed by atoms with van der Waals surface area (Å²) >= 11 is 0. The third-order valence-electron chi connectivity index (χ3n) is 4.79. The van der Waals surface area contributed by atoms with E-state index in [-0.39, 0.29) is 12.0 Å². The van der Waals surface area contributed by atoms with Crippen molar-refractivity contribution in [3.05, 3.63) is 65.9 Å². The molecular weight excluding hydrogens is 442 g/mol. The number of pyridine rings is 1. The van der Waals surface area contributed by atoms with E-state index in [1.54, 1.807) is 25.4 Å². The number of fused-ring (bicyclic) bond motifs is 1. The molecule has 2 aromatic rings. The first-order valence-corrected chi connectivity index (χ1v) is 10.5. The molecule has 2 heterocycles. The number of benzene rings is 1. The summed E-state index contributed by atoms with van der Waals surface area (Å²) in [5.41, 5.74) is 1.58. The van der Waals surface area contributed by atoms with E-state index in [9.17, 15) is 14.4 Å². The maximum atomic E-state index is 13.0. The average molecular weight is 472 g/mol. The van der Waals surface area contributed by atoms with Crippen molar-refractivity contribution in [2.24, 2.45) is 0 Å². The SMILES string of the molecule is COc1ccc(CN2CC(CCN(C)C)Oc3ncccc3C2=O)cc1.O=C(O)C=CC(=O)O. The lowest BCUT2D eigenvalue weighted by molar-refractivity contribution is -0.134. The minimum absolute atomic E-state index is 0.0451. The van der Waals surface area contributed by atoms with E-state index in [1.807, 2.05) is 43.3 Å². The molecule has 10 nitrogen and oxygen atoms in total. The Morgan fingerprint density at radius 3 is 2.38 bits per heavy atom. The number of ether oxygens (including phenoxy) is 2. The number of carbonyl (C=O) groups is 3. The maximum absolute atomic E-state index is 13.0. The average Bonchev–Trinajstić information content (AvgIpc) is 2.94.